The third-order valence-corrected chi connectivity index (χ3v) is 25.5. The molecule has 8 aromatic carbocycles. The Hall–Kier alpha value is -9.64. The van der Waals surface area contributed by atoms with Crippen LogP contribution in [0.4, 0.5) is 20.5 Å². The number of fused-ring (bicyclic) bond motifs is 24. The van der Waals surface area contributed by atoms with E-state index in [2.05, 4.69) is 19.9 Å². The summed E-state index contributed by atoms with van der Waals surface area (Å²) in [5.41, 5.74) is 9.17. The van der Waals surface area contributed by atoms with Crippen LogP contribution in [0.15, 0.2) is 194 Å². The molecule has 0 saturated heterocycles. The number of thiazole rings is 4. The third kappa shape index (κ3) is 21.5. The first-order valence-corrected chi connectivity index (χ1v) is 46.6. The minimum absolute atomic E-state index is 0. The van der Waals surface area contributed by atoms with Gasteiger partial charge in [-0.1, -0.05) is 196 Å². The minimum atomic E-state index is -3.34. The predicted octanol–water partition coefficient (Wildman–Crippen LogP) is 15.7. The second-order valence-corrected chi connectivity index (χ2v) is 35.5. The van der Waals surface area contributed by atoms with Gasteiger partial charge in [0, 0.05) is 89.6 Å². The molecule has 0 unspecified atom stereocenters. The van der Waals surface area contributed by atoms with E-state index in [4.69, 9.17) is 68.1 Å². The van der Waals surface area contributed by atoms with Crippen molar-refractivity contribution in [3.8, 4) is 45.6 Å². The second-order valence-electron chi connectivity index (χ2n) is 25.2. The fraction of sp³-hybridized carbons (Fsp3) is 0.250. The topological polar surface area (TPSA) is 328 Å². The van der Waals surface area contributed by atoms with Crippen LogP contribution < -0.4 is 27.9 Å². The zero-order chi connectivity index (χ0) is 81.4. The Kier molecular flexibility index (Phi) is 29.8. The smallest absolute Gasteiger partial charge is 0.380 e. The quantitative estimate of drug-likeness (QED) is 0.0160. The average Bonchev–Trinajstić information content (AvgIpc) is 1.60. The largest absolute Gasteiger partial charge is 2.00 e. The molecule has 0 N–H and O–H groups in total. The van der Waals surface area contributed by atoms with Gasteiger partial charge in [0.2, 0.25) is 35.2 Å². The van der Waals surface area contributed by atoms with Gasteiger partial charge in [0.15, 0.2) is 15.4 Å². The Morgan fingerprint density at radius 3 is 0.846 bits per heavy atom. The molecule has 0 saturated carbocycles. The molecule has 28 nitrogen and oxygen atoms in total. The Bertz CT molecular complexity index is 5740. The Labute approximate surface area is 707 Å². The summed E-state index contributed by atoms with van der Waals surface area (Å²) in [6.45, 7) is 13.0. The summed E-state index contributed by atoms with van der Waals surface area (Å²) in [4.78, 5) is 62.1. The van der Waals surface area contributed by atoms with Crippen LogP contribution in [0.2, 0.25) is 0 Å². The number of aromatic nitrogens is 12. The van der Waals surface area contributed by atoms with Crippen LogP contribution in [0.25, 0.3) is 131 Å². The van der Waals surface area contributed by atoms with Gasteiger partial charge >= 0.3 is 17.1 Å². The number of rotatable bonds is 26. The average molecular weight is 1780 g/mol. The number of anilines is 4. The molecule has 0 atom stereocenters. The molecule has 0 fully saturated rings. The van der Waals surface area contributed by atoms with Crippen molar-refractivity contribution in [3.63, 3.8) is 0 Å². The summed E-state index contributed by atoms with van der Waals surface area (Å²) in [6, 6.07) is 62.6. The number of sulfonamides is 3. The maximum absolute atomic E-state index is 11.8. The first kappa shape index (κ1) is 86.7. The van der Waals surface area contributed by atoms with Gasteiger partial charge in [-0.15, -0.1) is 4.33 Å². The van der Waals surface area contributed by atoms with Crippen molar-refractivity contribution < 1.29 is 70.6 Å². The van der Waals surface area contributed by atoms with Gasteiger partial charge in [-0.05, 0) is 97.8 Å². The fourth-order valence-corrected chi connectivity index (χ4v) is 19.4. The molecule has 1 radical (unpaired) electrons. The van der Waals surface area contributed by atoms with Gasteiger partial charge in [0.05, 0.1) is 136 Å². The van der Waals surface area contributed by atoms with Crippen molar-refractivity contribution in [2.24, 2.45) is 0 Å². The molecule has 7 aromatic heterocycles. The van der Waals surface area contributed by atoms with E-state index in [0.29, 0.717) is 121 Å². The van der Waals surface area contributed by atoms with Crippen LogP contribution >= 0.6 is 57.4 Å². The van der Waals surface area contributed by atoms with E-state index in [1.807, 2.05) is 222 Å². The molecule has 17 rings (SSSR count). The minimum Gasteiger partial charge on any atom is -0.380 e. The summed E-state index contributed by atoms with van der Waals surface area (Å²) in [7, 11) is -10.0. The normalized spacial score (nSPS) is 11.7. The maximum atomic E-state index is 11.8. The standard InChI is InChI=1S/C32H16N8.4C12H16N2O3S2.Cu/c1-2-10-18-17(9-1)25-33-26(18)38-28-21-13-5-6-14-22(21)30(35-28)40-32-24-16-8-7-15-23(24)31(36-32)39-29-20-12-4-3-11-19(20)27(34-29)37-25;3*1-3-17-9-8-14(19(2,15)16)12-13-10-6-4-5-7-11(10)18-12;1-3-15-9-8-14(16-17-18-2)12-13-10-6-4-5-7-11(10)19-12;/h1-16H;4*4-7H,3,8-9H2,1-2H3;/q-2;;;;;+2. The molecule has 0 aliphatic carbocycles. The molecule has 9 heterocycles. The molecule has 15 aromatic rings. The number of benzene rings is 8. The molecule has 0 spiro atoms. The molecular weight excluding hydrogens is 1700 g/mol. The molecule has 117 heavy (non-hydrogen) atoms. The van der Waals surface area contributed by atoms with Crippen LogP contribution in [-0.4, -0.2) is 179 Å². The van der Waals surface area contributed by atoms with Gasteiger partial charge in [0.25, 0.3) is 0 Å². The summed E-state index contributed by atoms with van der Waals surface area (Å²) in [5, 5.41) is 7.41. The molecular formula is C80H80CuN16O12S8. The van der Waals surface area contributed by atoms with Crippen molar-refractivity contribution in [3.05, 3.63) is 194 Å². The van der Waals surface area contributed by atoms with Crippen LogP contribution in [0.5, 0.6) is 0 Å². The van der Waals surface area contributed by atoms with E-state index in [1.165, 1.54) is 65.7 Å². The maximum Gasteiger partial charge on any atom is 2.00 e. The summed E-state index contributed by atoms with van der Waals surface area (Å²) in [5.74, 6) is 2.21. The molecule has 2 aliphatic heterocycles. The summed E-state index contributed by atoms with van der Waals surface area (Å²) >= 11 is 6.81. The van der Waals surface area contributed by atoms with Crippen LogP contribution in [0.3, 0.4) is 0 Å². The van der Waals surface area contributed by atoms with Crippen molar-refractivity contribution in [1.82, 2.24) is 59.8 Å². The van der Waals surface area contributed by atoms with Crippen LogP contribution in [0, 0.1) is 0 Å². The number of hydrogen-bond acceptors (Lipinski definition) is 28. The Balaban J connectivity index is 0.000000142. The van der Waals surface area contributed by atoms with Crippen molar-refractivity contribution >= 4 is 193 Å². The van der Waals surface area contributed by atoms with Gasteiger partial charge in [-0.25, -0.2) is 68.1 Å². The monoisotopic (exact) mass is 1780 g/mol. The van der Waals surface area contributed by atoms with Crippen LogP contribution in [0.1, 0.15) is 27.7 Å². The predicted molar refractivity (Wildman–Crippen MR) is 468 cm³/mol. The van der Waals surface area contributed by atoms with E-state index in [9.17, 15) is 25.3 Å². The van der Waals surface area contributed by atoms with Crippen molar-refractivity contribution in [2.45, 2.75) is 27.7 Å². The first-order valence-electron chi connectivity index (χ1n) is 36.6. The van der Waals surface area contributed by atoms with Crippen LogP contribution in [-0.2, 0) is 75.4 Å². The zero-order valence-corrected chi connectivity index (χ0v) is 72.1. The van der Waals surface area contributed by atoms with Gasteiger partial charge < -0.3 is 48.9 Å². The second kappa shape index (κ2) is 40.2. The van der Waals surface area contributed by atoms with E-state index < -0.39 is 30.1 Å². The Morgan fingerprint density at radius 1 is 0.333 bits per heavy atom. The van der Waals surface area contributed by atoms with Crippen molar-refractivity contribution in [1.29, 1.82) is 0 Å². The number of para-hydroxylation sites is 4. The molecule has 37 heteroatoms. The molecule has 8 bridgehead atoms. The SMILES string of the molecule is CCOCCN(OOSC)c1nc2ccccc2s1.CCOCCN(c1nc2ccccc2s1)S(C)(=O)=O.CCOCCN(c1nc2ccccc2s1)S(C)(=O)=O.CCOCCN(c1nc2ccccc2s1)S(C)(=O)=O.[Cu+2].c1ccc2c(c1)-c1nc-2nc2[n-]c(nc3nc(nc4[n-]c(n1)c1ccccc41)-c1ccccc1-3)c1ccccc21. The van der Waals surface area contributed by atoms with E-state index in [1.54, 1.807) is 22.7 Å². The molecule has 611 valence electrons. The Morgan fingerprint density at radius 2 is 0.581 bits per heavy atom. The van der Waals surface area contributed by atoms with Gasteiger partial charge in [-0.3, -0.25) is 0 Å². The number of hydrogen-bond donors (Lipinski definition) is 0. The zero-order valence-electron chi connectivity index (χ0n) is 64.6. The number of ether oxygens (including phenoxy) is 4. The number of hydroxylamine groups is 1. The van der Waals surface area contributed by atoms with Gasteiger partial charge in [0.1, 0.15) is 0 Å². The molecule has 2 aliphatic rings. The molecule has 0 amide bonds. The number of nitrogens with zero attached hydrogens (tertiary/aromatic N) is 16. The van der Waals surface area contributed by atoms with E-state index in [0.717, 1.165) is 102 Å². The van der Waals surface area contributed by atoms with E-state index >= 15 is 0 Å². The van der Waals surface area contributed by atoms with Gasteiger partial charge in [-0.2, -0.15) is 5.06 Å². The first-order chi connectivity index (χ1) is 56.2. The summed E-state index contributed by atoms with van der Waals surface area (Å²) in [6.07, 6.45) is 5.35. The van der Waals surface area contributed by atoms with E-state index in [-0.39, 0.29) is 36.7 Å². The van der Waals surface area contributed by atoms with Crippen molar-refractivity contribution in [2.75, 3.05) is 122 Å². The third-order valence-electron chi connectivity index (χ3n) is 17.3. The fourth-order valence-electron chi connectivity index (χ4n) is 11.9. The summed E-state index contributed by atoms with van der Waals surface area (Å²) < 4.78 is 105.